The Kier molecular flexibility index (Phi) is 3.49. The van der Waals surface area contributed by atoms with Crippen LogP contribution in [0.5, 0.6) is 5.75 Å². The average molecular weight is 349 g/mol. The van der Waals surface area contributed by atoms with Gasteiger partial charge in [0.05, 0.1) is 24.4 Å². The van der Waals surface area contributed by atoms with Crippen molar-refractivity contribution in [2.45, 2.75) is 31.2 Å². The van der Waals surface area contributed by atoms with Crippen LogP contribution in [0.25, 0.3) is 0 Å². The molecule has 4 heteroatoms. The van der Waals surface area contributed by atoms with Crippen LogP contribution in [0.15, 0.2) is 42.5 Å². The van der Waals surface area contributed by atoms with Gasteiger partial charge in [-0.1, -0.05) is 30.3 Å². The molecule has 134 valence electrons. The van der Waals surface area contributed by atoms with Gasteiger partial charge in [0, 0.05) is 5.56 Å². The van der Waals surface area contributed by atoms with Gasteiger partial charge in [-0.15, -0.1) is 0 Å². The van der Waals surface area contributed by atoms with Crippen molar-refractivity contribution >= 4 is 11.7 Å². The van der Waals surface area contributed by atoms with Gasteiger partial charge in [0.2, 0.25) is 0 Å². The van der Waals surface area contributed by atoms with Crippen LogP contribution in [0.1, 0.15) is 52.7 Å². The minimum Gasteiger partial charge on any atom is -0.496 e. The molecule has 1 aliphatic heterocycles. The fourth-order valence-corrected chi connectivity index (χ4v) is 5.92. The van der Waals surface area contributed by atoms with Crippen molar-refractivity contribution in [1.29, 1.82) is 0 Å². The maximum Gasteiger partial charge on any atom is 0.337 e. The molecule has 0 aromatic heterocycles. The zero-order valence-corrected chi connectivity index (χ0v) is 14.8. The Hall–Kier alpha value is -2.49. The smallest absolute Gasteiger partial charge is 0.337 e. The number of para-hydroxylation sites is 2. The molecule has 5 rings (SSSR count). The second-order valence-electron chi connectivity index (χ2n) is 7.88. The minimum atomic E-state index is -0.866. The summed E-state index contributed by atoms with van der Waals surface area (Å²) < 4.78 is 5.64. The lowest BCUT2D eigenvalue weighted by atomic mass is 9.67. The molecule has 0 amide bonds. The summed E-state index contributed by atoms with van der Waals surface area (Å²) in [5, 5.41) is 13.3. The topological polar surface area (TPSA) is 58.6 Å². The first-order valence-electron chi connectivity index (χ1n) is 9.44. The molecule has 2 aromatic carbocycles. The van der Waals surface area contributed by atoms with E-state index in [0.717, 1.165) is 17.0 Å². The number of carbonyl (C=O) groups is 1. The van der Waals surface area contributed by atoms with Crippen molar-refractivity contribution in [3.8, 4) is 5.75 Å². The number of fused-ring (bicyclic) bond motifs is 7. The molecule has 0 unspecified atom stereocenters. The van der Waals surface area contributed by atoms with Crippen molar-refractivity contribution in [2.75, 3.05) is 12.4 Å². The van der Waals surface area contributed by atoms with Crippen molar-refractivity contribution in [2.24, 2.45) is 17.8 Å². The lowest BCUT2D eigenvalue weighted by Crippen LogP contribution is -2.36. The Morgan fingerprint density at radius 2 is 1.85 bits per heavy atom. The van der Waals surface area contributed by atoms with Gasteiger partial charge in [-0.25, -0.2) is 4.79 Å². The zero-order chi connectivity index (χ0) is 17.8. The molecule has 2 N–H and O–H groups in total. The van der Waals surface area contributed by atoms with Crippen LogP contribution >= 0.6 is 0 Å². The highest BCUT2D eigenvalue weighted by Gasteiger charge is 2.54. The van der Waals surface area contributed by atoms with Crippen LogP contribution in [0.4, 0.5) is 5.69 Å². The van der Waals surface area contributed by atoms with Crippen LogP contribution < -0.4 is 10.1 Å². The Bertz CT molecular complexity index is 877. The molecule has 2 saturated carbocycles. The number of aromatic carboxylic acids is 1. The fourth-order valence-electron chi connectivity index (χ4n) is 5.92. The largest absolute Gasteiger partial charge is 0.496 e. The number of hydrogen-bond acceptors (Lipinski definition) is 3. The third kappa shape index (κ3) is 2.11. The number of carboxylic acids is 1. The lowest BCUT2D eigenvalue weighted by Gasteiger charge is -2.44. The van der Waals surface area contributed by atoms with Gasteiger partial charge in [-0.05, 0) is 60.6 Å². The monoisotopic (exact) mass is 349 g/mol. The molecule has 0 saturated heterocycles. The maximum absolute atomic E-state index is 11.8. The van der Waals surface area contributed by atoms with Crippen LogP contribution in [0.3, 0.4) is 0 Å². The number of nitrogens with one attached hydrogen (secondary N) is 1. The van der Waals surface area contributed by atoms with E-state index in [4.69, 9.17) is 4.74 Å². The number of hydrogen-bond donors (Lipinski definition) is 2. The van der Waals surface area contributed by atoms with Crippen LogP contribution in [0, 0.1) is 17.8 Å². The molecule has 5 atom stereocenters. The van der Waals surface area contributed by atoms with E-state index >= 15 is 0 Å². The van der Waals surface area contributed by atoms with Gasteiger partial charge in [0.25, 0.3) is 0 Å². The minimum absolute atomic E-state index is 0.0967. The summed E-state index contributed by atoms with van der Waals surface area (Å²) in [7, 11) is 1.70. The first kappa shape index (κ1) is 15.7. The van der Waals surface area contributed by atoms with Gasteiger partial charge in [0.1, 0.15) is 5.75 Å². The molecule has 0 radical (unpaired) electrons. The molecule has 3 aliphatic rings. The molecule has 1 heterocycles. The number of rotatable bonds is 3. The SMILES string of the molecule is COc1ccccc1[C@@H]1Nc2c(C(=O)O)cccc2[C@@H]2[C@@H]3CC[C@@H](C3)[C@@H]21. The van der Waals surface area contributed by atoms with E-state index in [0.29, 0.717) is 29.2 Å². The van der Waals surface area contributed by atoms with Gasteiger partial charge >= 0.3 is 5.97 Å². The first-order valence-corrected chi connectivity index (χ1v) is 9.44. The van der Waals surface area contributed by atoms with E-state index < -0.39 is 5.97 Å². The summed E-state index contributed by atoms with van der Waals surface area (Å²) in [6.45, 7) is 0. The molecule has 4 nitrogen and oxygen atoms in total. The third-order valence-corrected chi connectivity index (χ3v) is 6.83. The number of benzene rings is 2. The number of carboxylic acid groups (broad SMARTS) is 1. The predicted molar refractivity (Wildman–Crippen MR) is 99.8 cm³/mol. The van der Waals surface area contributed by atoms with E-state index in [1.807, 2.05) is 24.3 Å². The van der Waals surface area contributed by atoms with Crippen molar-refractivity contribution in [3.63, 3.8) is 0 Å². The van der Waals surface area contributed by atoms with E-state index in [-0.39, 0.29) is 6.04 Å². The normalized spacial score (nSPS) is 31.0. The number of ether oxygens (including phenoxy) is 1. The molecule has 2 aliphatic carbocycles. The Labute approximate surface area is 153 Å². The molecular weight excluding hydrogens is 326 g/mol. The van der Waals surface area contributed by atoms with E-state index in [9.17, 15) is 9.90 Å². The number of anilines is 1. The summed E-state index contributed by atoms with van der Waals surface area (Å²) in [6, 6.07) is 14.0. The summed E-state index contributed by atoms with van der Waals surface area (Å²) >= 11 is 0. The number of methoxy groups -OCH3 is 1. The Balaban J connectivity index is 1.69. The van der Waals surface area contributed by atoms with Crippen molar-refractivity contribution in [3.05, 3.63) is 59.2 Å². The first-order chi connectivity index (χ1) is 12.7. The van der Waals surface area contributed by atoms with Crippen LogP contribution in [0.2, 0.25) is 0 Å². The zero-order valence-electron chi connectivity index (χ0n) is 14.8. The second kappa shape index (κ2) is 5.76. The summed E-state index contributed by atoms with van der Waals surface area (Å²) in [5.41, 5.74) is 3.53. The van der Waals surface area contributed by atoms with E-state index in [1.165, 1.54) is 24.8 Å². The fraction of sp³-hybridized carbons (Fsp3) is 0.409. The van der Waals surface area contributed by atoms with Crippen LogP contribution in [-0.4, -0.2) is 18.2 Å². The summed E-state index contributed by atoms with van der Waals surface area (Å²) in [5.74, 6) is 2.33. The third-order valence-electron chi connectivity index (χ3n) is 6.83. The maximum atomic E-state index is 11.8. The van der Waals surface area contributed by atoms with E-state index in [1.54, 1.807) is 13.2 Å². The molecular formula is C22H23NO3. The predicted octanol–water partition coefficient (Wildman–Crippen LogP) is 4.69. The van der Waals surface area contributed by atoms with Crippen molar-refractivity contribution in [1.82, 2.24) is 0 Å². The molecule has 2 fully saturated rings. The Morgan fingerprint density at radius 3 is 2.65 bits per heavy atom. The standard InChI is InChI=1S/C22H23NO3/c1-26-17-8-3-2-5-14(17)21-19-13-10-9-12(11-13)18(19)15-6-4-7-16(22(24)25)20(15)23-21/h2-8,12-13,18-19,21,23H,9-11H2,1H3,(H,24,25)/t12-,13+,18+,19+,21+/m1/s1. The van der Waals surface area contributed by atoms with Crippen LogP contribution in [-0.2, 0) is 0 Å². The highest BCUT2D eigenvalue weighted by Crippen LogP contribution is 2.64. The molecule has 2 bridgehead atoms. The average Bonchev–Trinajstić information content (AvgIpc) is 3.29. The quantitative estimate of drug-likeness (QED) is 0.844. The molecule has 2 aromatic rings. The van der Waals surface area contributed by atoms with Gasteiger partial charge in [0.15, 0.2) is 0 Å². The van der Waals surface area contributed by atoms with Gasteiger partial charge in [-0.3, -0.25) is 0 Å². The van der Waals surface area contributed by atoms with Crippen molar-refractivity contribution < 1.29 is 14.6 Å². The highest BCUT2D eigenvalue weighted by atomic mass is 16.5. The highest BCUT2D eigenvalue weighted by molar-refractivity contribution is 5.95. The summed E-state index contributed by atoms with van der Waals surface area (Å²) in [6.07, 6.45) is 3.81. The van der Waals surface area contributed by atoms with Gasteiger partial charge < -0.3 is 15.2 Å². The molecule has 0 spiro atoms. The van der Waals surface area contributed by atoms with Gasteiger partial charge in [-0.2, -0.15) is 0 Å². The second-order valence-corrected chi connectivity index (χ2v) is 7.88. The lowest BCUT2D eigenvalue weighted by molar-refractivity contribution is 0.0697. The summed E-state index contributed by atoms with van der Waals surface area (Å²) in [4.78, 5) is 11.8. The Morgan fingerprint density at radius 1 is 1.08 bits per heavy atom. The molecule has 26 heavy (non-hydrogen) atoms. The van der Waals surface area contributed by atoms with E-state index in [2.05, 4.69) is 17.4 Å².